The molecule has 1 aromatic heterocycles. The molecule has 1 aromatic rings. The molecular weight excluding hydrogens is 244 g/mol. The Bertz CT molecular complexity index is 499. The number of aliphatic carboxylic acids is 1. The lowest BCUT2D eigenvalue weighted by Crippen LogP contribution is -2.29. The molecule has 0 aliphatic heterocycles. The summed E-state index contributed by atoms with van der Waals surface area (Å²) in [7, 11) is 1.68. The first-order valence-corrected chi connectivity index (χ1v) is 6.23. The summed E-state index contributed by atoms with van der Waals surface area (Å²) in [5.41, 5.74) is 0.338. The highest BCUT2D eigenvalue weighted by molar-refractivity contribution is 5.91. The Morgan fingerprint density at radius 1 is 1.37 bits per heavy atom. The molecule has 0 aromatic carbocycles. The van der Waals surface area contributed by atoms with Crippen molar-refractivity contribution in [3.05, 3.63) is 30.1 Å². The first-order valence-electron chi connectivity index (χ1n) is 6.23. The zero-order valence-corrected chi connectivity index (χ0v) is 11.3. The number of aromatic nitrogens is 1. The van der Waals surface area contributed by atoms with Gasteiger partial charge in [-0.05, 0) is 17.5 Å². The van der Waals surface area contributed by atoms with Gasteiger partial charge in [-0.2, -0.15) is 0 Å². The maximum Gasteiger partial charge on any atom is 0.307 e. The zero-order chi connectivity index (χ0) is 14.2. The van der Waals surface area contributed by atoms with E-state index in [4.69, 9.17) is 5.11 Å². The van der Waals surface area contributed by atoms with Crippen LogP contribution in [0.5, 0.6) is 0 Å². The first-order chi connectivity index (χ1) is 8.85. The van der Waals surface area contributed by atoms with E-state index in [1.54, 1.807) is 18.1 Å². The Morgan fingerprint density at radius 2 is 2.05 bits per heavy atom. The van der Waals surface area contributed by atoms with E-state index < -0.39 is 23.2 Å². The third-order valence-electron chi connectivity index (χ3n) is 3.86. The molecule has 2 rings (SSSR count). The van der Waals surface area contributed by atoms with Crippen molar-refractivity contribution in [1.82, 2.24) is 9.88 Å². The highest BCUT2D eigenvalue weighted by atomic mass is 16.4. The molecule has 102 valence electrons. The average molecular weight is 262 g/mol. The van der Waals surface area contributed by atoms with Gasteiger partial charge in [-0.1, -0.05) is 19.9 Å². The molecule has 2 atom stereocenters. The van der Waals surface area contributed by atoms with Crippen LogP contribution in [0, 0.1) is 17.3 Å². The molecule has 5 nitrogen and oxygen atoms in total. The Labute approximate surface area is 112 Å². The van der Waals surface area contributed by atoms with Crippen LogP contribution in [0.3, 0.4) is 0 Å². The molecule has 0 saturated heterocycles. The van der Waals surface area contributed by atoms with E-state index in [0.717, 1.165) is 5.69 Å². The van der Waals surface area contributed by atoms with Crippen molar-refractivity contribution in [3.8, 4) is 0 Å². The van der Waals surface area contributed by atoms with Gasteiger partial charge < -0.3 is 10.0 Å². The van der Waals surface area contributed by atoms with Gasteiger partial charge in [0.15, 0.2) is 0 Å². The van der Waals surface area contributed by atoms with E-state index in [-0.39, 0.29) is 5.91 Å². The van der Waals surface area contributed by atoms with Gasteiger partial charge in [0.2, 0.25) is 5.91 Å². The fourth-order valence-electron chi connectivity index (χ4n) is 2.61. The van der Waals surface area contributed by atoms with Crippen molar-refractivity contribution in [2.45, 2.75) is 20.4 Å². The minimum Gasteiger partial charge on any atom is -0.481 e. The Hall–Kier alpha value is -1.91. The highest BCUT2D eigenvalue weighted by Crippen LogP contribution is 2.58. The molecule has 1 heterocycles. The second kappa shape index (κ2) is 4.64. The van der Waals surface area contributed by atoms with E-state index in [2.05, 4.69) is 4.98 Å². The van der Waals surface area contributed by atoms with E-state index >= 15 is 0 Å². The third-order valence-corrected chi connectivity index (χ3v) is 3.86. The molecule has 0 radical (unpaired) electrons. The second-order valence-corrected chi connectivity index (χ2v) is 5.63. The largest absolute Gasteiger partial charge is 0.481 e. The number of hydrogen-bond acceptors (Lipinski definition) is 3. The lowest BCUT2D eigenvalue weighted by Gasteiger charge is -2.17. The maximum atomic E-state index is 12.3. The molecule has 0 bridgehead atoms. The number of carbonyl (C=O) groups excluding carboxylic acids is 1. The van der Waals surface area contributed by atoms with Gasteiger partial charge in [0.25, 0.3) is 0 Å². The Kier molecular flexibility index (Phi) is 3.30. The first kappa shape index (κ1) is 13.5. The monoisotopic (exact) mass is 262 g/mol. The van der Waals surface area contributed by atoms with E-state index in [1.807, 2.05) is 32.0 Å². The number of hydrogen-bond donors (Lipinski definition) is 1. The van der Waals surface area contributed by atoms with Gasteiger partial charge in [0.1, 0.15) is 0 Å². The van der Waals surface area contributed by atoms with Crippen molar-refractivity contribution >= 4 is 11.9 Å². The summed E-state index contributed by atoms with van der Waals surface area (Å²) < 4.78 is 0. The number of pyridine rings is 1. The van der Waals surface area contributed by atoms with E-state index in [0.29, 0.717) is 6.54 Å². The molecule has 5 heteroatoms. The number of carbonyl (C=O) groups is 2. The van der Waals surface area contributed by atoms with Crippen LogP contribution in [-0.4, -0.2) is 33.9 Å². The molecule has 1 aliphatic carbocycles. The van der Waals surface area contributed by atoms with Crippen LogP contribution in [0.2, 0.25) is 0 Å². The Balaban J connectivity index is 2.03. The van der Waals surface area contributed by atoms with Crippen molar-refractivity contribution in [2.75, 3.05) is 7.05 Å². The van der Waals surface area contributed by atoms with Crippen LogP contribution >= 0.6 is 0 Å². The molecule has 0 spiro atoms. The fraction of sp³-hybridized carbons (Fsp3) is 0.500. The summed E-state index contributed by atoms with van der Waals surface area (Å²) >= 11 is 0. The second-order valence-electron chi connectivity index (χ2n) is 5.63. The number of carboxylic acids is 1. The van der Waals surface area contributed by atoms with Crippen molar-refractivity contribution in [3.63, 3.8) is 0 Å². The zero-order valence-electron chi connectivity index (χ0n) is 11.3. The van der Waals surface area contributed by atoms with Gasteiger partial charge in [-0.25, -0.2) is 0 Å². The van der Waals surface area contributed by atoms with Crippen molar-refractivity contribution in [1.29, 1.82) is 0 Å². The standard InChI is InChI=1S/C14H18N2O3/c1-14(2)10(11(14)13(18)19)12(17)16(3)8-9-6-4-5-7-15-9/h4-7,10-11H,8H2,1-3H3,(H,18,19)/t10-,11-/m1/s1. The number of amides is 1. The molecule has 1 fully saturated rings. The Morgan fingerprint density at radius 3 is 2.53 bits per heavy atom. The summed E-state index contributed by atoms with van der Waals surface area (Å²) in [4.78, 5) is 29.1. The summed E-state index contributed by atoms with van der Waals surface area (Å²) in [6.07, 6.45) is 1.68. The average Bonchev–Trinajstić information content (AvgIpc) is 2.92. The molecule has 1 aliphatic rings. The van der Waals surface area contributed by atoms with Crippen molar-refractivity contribution in [2.24, 2.45) is 17.3 Å². The number of rotatable bonds is 4. The molecule has 1 saturated carbocycles. The SMILES string of the molecule is CN(Cc1ccccn1)C(=O)[C@H]1[C@H](C(=O)O)C1(C)C. The van der Waals surface area contributed by atoms with E-state index in [9.17, 15) is 9.59 Å². The molecular formula is C14H18N2O3. The lowest BCUT2D eigenvalue weighted by molar-refractivity contribution is -0.141. The van der Waals surface area contributed by atoms with Crippen LogP contribution in [0.15, 0.2) is 24.4 Å². The lowest BCUT2D eigenvalue weighted by atomic mass is 10.1. The summed E-state index contributed by atoms with van der Waals surface area (Å²) in [5.74, 6) is -2.03. The van der Waals surface area contributed by atoms with Crippen LogP contribution in [0.1, 0.15) is 19.5 Å². The number of nitrogens with zero attached hydrogens (tertiary/aromatic N) is 2. The molecule has 1 N–H and O–H groups in total. The minimum atomic E-state index is -0.894. The van der Waals surface area contributed by atoms with Crippen LogP contribution in [0.4, 0.5) is 0 Å². The molecule has 0 unspecified atom stereocenters. The smallest absolute Gasteiger partial charge is 0.307 e. The highest BCUT2D eigenvalue weighted by Gasteiger charge is 2.66. The van der Waals surface area contributed by atoms with Gasteiger partial charge in [0.05, 0.1) is 24.1 Å². The molecule has 19 heavy (non-hydrogen) atoms. The number of carboxylic acid groups (broad SMARTS) is 1. The summed E-state index contributed by atoms with van der Waals surface area (Å²) in [6.45, 7) is 4.05. The normalized spacial score (nSPS) is 23.7. The van der Waals surface area contributed by atoms with Gasteiger partial charge >= 0.3 is 5.97 Å². The minimum absolute atomic E-state index is 0.122. The predicted octanol–water partition coefficient (Wildman–Crippen LogP) is 1.40. The van der Waals surface area contributed by atoms with Crippen LogP contribution in [-0.2, 0) is 16.1 Å². The summed E-state index contributed by atoms with van der Waals surface area (Å²) in [6, 6.07) is 5.52. The van der Waals surface area contributed by atoms with Gasteiger partial charge in [-0.3, -0.25) is 14.6 Å². The fourth-order valence-corrected chi connectivity index (χ4v) is 2.61. The maximum absolute atomic E-state index is 12.3. The van der Waals surface area contributed by atoms with Crippen LogP contribution < -0.4 is 0 Å². The van der Waals surface area contributed by atoms with E-state index in [1.165, 1.54) is 0 Å². The third kappa shape index (κ3) is 2.45. The van der Waals surface area contributed by atoms with Crippen molar-refractivity contribution < 1.29 is 14.7 Å². The predicted molar refractivity (Wildman–Crippen MR) is 69.1 cm³/mol. The topological polar surface area (TPSA) is 70.5 Å². The van der Waals surface area contributed by atoms with Crippen LogP contribution in [0.25, 0.3) is 0 Å². The van der Waals surface area contributed by atoms with Gasteiger partial charge in [0, 0.05) is 13.2 Å². The van der Waals surface area contributed by atoms with Gasteiger partial charge in [-0.15, -0.1) is 0 Å². The summed E-state index contributed by atoms with van der Waals surface area (Å²) in [5, 5.41) is 9.10. The quantitative estimate of drug-likeness (QED) is 0.890. The molecule has 1 amide bonds.